The number of fused-ring (bicyclic) bond motifs is 1. The fourth-order valence-electron chi connectivity index (χ4n) is 1.82. The van der Waals surface area contributed by atoms with Crippen LogP contribution in [0.2, 0.25) is 10.0 Å². The first-order valence-electron chi connectivity index (χ1n) is 5.77. The van der Waals surface area contributed by atoms with E-state index in [1.165, 1.54) is 18.0 Å². The fourth-order valence-corrected chi connectivity index (χ4v) is 3.14. The van der Waals surface area contributed by atoms with Crippen LogP contribution in [0.1, 0.15) is 5.69 Å². The number of pyridine rings is 2. The summed E-state index contributed by atoms with van der Waals surface area (Å²) in [4.78, 5) is 4.44. The maximum absolute atomic E-state index is 11.5. The number of nitrogens with zero attached hydrogens (tertiary/aromatic N) is 3. The monoisotopic (exact) mass is 325 g/mol. The van der Waals surface area contributed by atoms with Crippen LogP contribution in [0.15, 0.2) is 47.9 Å². The van der Waals surface area contributed by atoms with Crippen LogP contribution in [0.5, 0.6) is 0 Å². The molecule has 0 saturated heterocycles. The van der Waals surface area contributed by atoms with Crippen molar-refractivity contribution in [1.82, 2.24) is 9.38 Å². The third-order valence-electron chi connectivity index (χ3n) is 2.68. The molecule has 3 aromatic heterocycles. The summed E-state index contributed by atoms with van der Waals surface area (Å²) in [6.45, 7) is 0. The fraction of sp³-hybridized carbons (Fsp3) is 0.0769. The largest absolute Gasteiger partial charge is 0.618 e. The number of hydrogen-bond donors (Lipinski definition) is 0. The van der Waals surface area contributed by atoms with Gasteiger partial charge in [0.05, 0.1) is 15.7 Å². The highest BCUT2D eigenvalue weighted by Gasteiger charge is 2.10. The van der Waals surface area contributed by atoms with Gasteiger partial charge in [-0.25, -0.2) is 4.98 Å². The Balaban J connectivity index is 1.85. The summed E-state index contributed by atoms with van der Waals surface area (Å²) in [6.07, 6.45) is 5.08. The SMILES string of the molecule is [O-][n+]1ccccc1SCc1cn2cc(Cl)cc(Cl)c2n1. The predicted molar refractivity (Wildman–Crippen MR) is 80.2 cm³/mol. The Hall–Kier alpha value is -1.43. The lowest BCUT2D eigenvalue weighted by Crippen LogP contribution is -2.27. The van der Waals surface area contributed by atoms with Crippen LogP contribution in [0.25, 0.3) is 5.65 Å². The van der Waals surface area contributed by atoms with Crippen LogP contribution in [0.3, 0.4) is 0 Å². The van der Waals surface area contributed by atoms with E-state index in [0.717, 1.165) is 10.4 Å². The molecule has 0 aliphatic rings. The summed E-state index contributed by atoms with van der Waals surface area (Å²) in [5.74, 6) is 0.585. The van der Waals surface area contributed by atoms with Crippen molar-refractivity contribution in [3.05, 3.63) is 63.8 Å². The van der Waals surface area contributed by atoms with E-state index in [1.54, 1.807) is 28.8 Å². The van der Waals surface area contributed by atoms with Crippen LogP contribution >= 0.6 is 35.0 Å². The second-order valence-corrected chi connectivity index (χ2v) is 5.96. The predicted octanol–water partition coefficient (Wildman–Crippen LogP) is 3.57. The Labute approximate surface area is 129 Å². The summed E-state index contributed by atoms with van der Waals surface area (Å²) in [5, 5.41) is 13.2. The zero-order valence-corrected chi connectivity index (χ0v) is 12.5. The summed E-state index contributed by atoms with van der Waals surface area (Å²) in [5.41, 5.74) is 1.50. The lowest BCUT2D eigenvalue weighted by molar-refractivity contribution is -0.645. The molecule has 0 atom stereocenters. The Morgan fingerprint density at radius 3 is 2.95 bits per heavy atom. The molecule has 0 unspecified atom stereocenters. The minimum atomic E-state index is 0.507. The molecule has 0 fully saturated rings. The molecule has 3 heterocycles. The minimum Gasteiger partial charge on any atom is -0.618 e. The van der Waals surface area contributed by atoms with Crippen LogP contribution in [-0.4, -0.2) is 9.38 Å². The molecular weight excluding hydrogens is 317 g/mol. The van der Waals surface area contributed by atoms with Crippen LogP contribution in [0, 0.1) is 5.21 Å². The molecule has 0 amide bonds. The zero-order valence-electron chi connectivity index (χ0n) is 10.2. The zero-order chi connectivity index (χ0) is 14.1. The van der Waals surface area contributed by atoms with Crippen molar-refractivity contribution in [2.75, 3.05) is 0 Å². The molecule has 0 spiro atoms. The third-order valence-corrected chi connectivity index (χ3v) is 4.22. The van der Waals surface area contributed by atoms with E-state index in [2.05, 4.69) is 4.98 Å². The smallest absolute Gasteiger partial charge is 0.251 e. The molecule has 0 saturated carbocycles. The van der Waals surface area contributed by atoms with E-state index in [0.29, 0.717) is 26.5 Å². The quantitative estimate of drug-likeness (QED) is 0.420. The summed E-state index contributed by atoms with van der Waals surface area (Å²) < 4.78 is 2.63. The van der Waals surface area contributed by atoms with Crippen molar-refractivity contribution in [2.24, 2.45) is 0 Å². The molecule has 102 valence electrons. The van der Waals surface area contributed by atoms with E-state index in [9.17, 15) is 5.21 Å². The molecule has 3 rings (SSSR count). The molecular formula is C13H9Cl2N3OS. The maximum Gasteiger partial charge on any atom is 0.251 e. The Bertz CT molecular complexity index is 775. The number of aromatic nitrogens is 3. The highest BCUT2D eigenvalue weighted by atomic mass is 35.5. The van der Waals surface area contributed by atoms with Crippen molar-refractivity contribution in [3.8, 4) is 0 Å². The van der Waals surface area contributed by atoms with Crippen LogP contribution < -0.4 is 4.73 Å². The molecule has 7 heteroatoms. The van der Waals surface area contributed by atoms with Gasteiger partial charge in [0, 0.05) is 30.3 Å². The van der Waals surface area contributed by atoms with E-state index in [1.807, 2.05) is 12.3 Å². The van der Waals surface area contributed by atoms with E-state index in [-0.39, 0.29) is 0 Å². The molecule has 0 aliphatic heterocycles. The van der Waals surface area contributed by atoms with Crippen molar-refractivity contribution < 1.29 is 4.73 Å². The normalized spacial score (nSPS) is 11.1. The average molecular weight is 326 g/mol. The highest BCUT2D eigenvalue weighted by Crippen LogP contribution is 2.24. The molecule has 0 N–H and O–H groups in total. The van der Waals surface area contributed by atoms with E-state index in [4.69, 9.17) is 23.2 Å². The molecule has 4 nitrogen and oxygen atoms in total. The van der Waals surface area contributed by atoms with Crippen LogP contribution in [0.4, 0.5) is 0 Å². The van der Waals surface area contributed by atoms with Crippen molar-refractivity contribution in [1.29, 1.82) is 0 Å². The highest BCUT2D eigenvalue weighted by molar-refractivity contribution is 7.98. The van der Waals surface area contributed by atoms with Gasteiger partial charge in [0.15, 0.2) is 11.8 Å². The number of halogens is 2. The minimum absolute atomic E-state index is 0.507. The van der Waals surface area contributed by atoms with Gasteiger partial charge in [-0.1, -0.05) is 23.2 Å². The first-order chi connectivity index (χ1) is 9.63. The molecule has 20 heavy (non-hydrogen) atoms. The first kappa shape index (κ1) is 13.5. The van der Waals surface area contributed by atoms with Gasteiger partial charge in [0.2, 0.25) is 0 Å². The Morgan fingerprint density at radius 2 is 2.15 bits per heavy atom. The number of imidazole rings is 1. The second kappa shape index (κ2) is 5.52. The maximum atomic E-state index is 11.5. The van der Waals surface area contributed by atoms with Crippen molar-refractivity contribution >= 4 is 40.6 Å². The number of thioether (sulfide) groups is 1. The van der Waals surface area contributed by atoms with Gasteiger partial charge >= 0.3 is 0 Å². The number of rotatable bonds is 3. The summed E-state index contributed by atoms with van der Waals surface area (Å²) in [6, 6.07) is 6.96. The topological polar surface area (TPSA) is 44.2 Å². The molecule has 0 aliphatic carbocycles. The van der Waals surface area contributed by atoms with Gasteiger partial charge in [-0.3, -0.25) is 0 Å². The summed E-state index contributed by atoms with van der Waals surface area (Å²) in [7, 11) is 0. The molecule has 0 aromatic carbocycles. The van der Waals surface area contributed by atoms with Gasteiger partial charge in [-0.2, -0.15) is 4.73 Å². The van der Waals surface area contributed by atoms with Gasteiger partial charge in [0.1, 0.15) is 0 Å². The lowest BCUT2D eigenvalue weighted by Gasteiger charge is -2.01. The third kappa shape index (κ3) is 2.70. The average Bonchev–Trinajstić information content (AvgIpc) is 2.81. The van der Waals surface area contributed by atoms with E-state index >= 15 is 0 Å². The van der Waals surface area contributed by atoms with Crippen LogP contribution in [-0.2, 0) is 5.75 Å². The molecule has 0 radical (unpaired) electrons. The Morgan fingerprint density at radius 1 is 1.30 bits per heavy atom. The van der Waals surface area contributed by atoms with E-state index < -0.39 is 0 Å². The van der Waals surface area contributed by atoms with Crippen molar-refractivity contribution in [3.63, 3.8) is 0 Å². The van der Waals surface area contributed by atoms with Gasteiger partial charge in [-0.15, -0.1) is 0 Å². The number of hydrogen-bond acceptors (Lipinski definition) is 3. The molecule has 3 aromatic rings. The van der Waals surface area contributed by atoms with Gasteiger partial charge < -0.3 is 9.61 Å². The molecule has 0 bridgehead atoms. The second-order valence-electron chi connectivity index (χ2n) is 4.12. The van der Waals surface area contributed by atoms with Gasteiger partial charge in [0.25, 0.3) is 5.03 Å². The standard InChI is InChI=1S/C13H9Cl2N3OS/c14-9-5-11(15)13-16-10(7-17(13)6-9)8-20-12-3-1-2-4-18(12)19/h1-7H,8H2. The Kier molecular flexibility index (Phi) is 3.74. The summed E-state index contributed by atoms with van der Waals surface area (Å²) >= 11 is 13.5. The first-order valence-corrected chi connectivity index (χ1v) is 7.51. The lowest BCUT2D eigenvalue weighted by atomic mass is 10.5. The van der Waals surface area contributed by atoms with Crippen molar-refractivity contribution in [2.45, 2.75) is 10.8 Å². The van der Waals surface area contributed by atoms with Gasteiger partial charge in [-0.05, 0) is 23.9 Å².